The van der Waals surface area contributed by atoms with Gasteiger partial charge in [0.2, 0.25) is 0 Å². The van der Waals surface area contributed by atoms with Gasteiger partial charge in [0.25, 0.3) is 0 Å². The molecule has 60 heavy (non-hydrogen) atoms. The predicted molar refractivity (Wildman–Crippen MR) is 231 cm³/mol. The minimum atomic E-state index is -4.65. The average molecular weight is 888 g/mol. The number of rotatable bonds is 6. The molecule has 0 unspecified atom stereocenters. The van der Waals surface area contributed by atoms with E-state index in [1.54, 1.807) is 12.1 Å². The van der Waals surface area contributed by atoms with Gasteiger partial charge in [0.15, 0.2) is 0 Å². The number of alkyl halides is 6. The van der Waals surface area contributed by atoms with Crippen molar-refractivity contribution in [1.82, 2.24) is 0 Å². The number of fused-ring (bicyclic) bond motifs is 3. The molecule has 0 spiro atoms. The van der Waals surface area contributed by atoms with Crippen LogP contribution in [0.3, 0.4) is 0 Å². The Balaban J connectivity index is 1.58. The zero-order chi connectivity index (χ0) is 42.8. The fourth-order valence-corrected chi connectivity index (χ4v) is 17.3. The molecule has 0 aliphatic heterocycles. The third-order valence-corrected chi connectivity index (χ3v) is 19.4. The van der Waals surface area contributed by atoms with Gasteiger partial charge in [-0.1, -0.05) is 0 Å². The molecule has 6 aromatic carbocycles. The molecule has 0 atom stereocenters. The molecule has 0 N–H and O–H groups in total. The van der Waals surface area contributed by atoms with Crippen molar-refractivity contribution in [2.24, 2.45) is 0 Å². The van der Waals surface area contributed by atoms with E-state index in [-0.39, 0.29) is 5.41 Å². The zero-order valence-corrected chi connectivity index (χ0v) is 37.0. The minimum absolute atomic E-state index is 0.210. The molecule has 6 aromatic rings. The van der Waals surface area contributed by atoms with E-state index in [9.17, 15) is 26.3 Å². The van der Waals surface area contributed by atoms with Gasteiger partial charge in [0.1, 0.15) is 0 Å². The van der Waals surface area contributed by atoms with E-state index < -0.39 is 50.2 Å². The summed E-state index contributed by atoms with van der Waals surface area (Å²) in [5.41, 5.74) is 9.40. The number of hydrogen-bond acceptors (Lipinski definition) is 0. The molecule has 0 amide bonds. The zero-order valence-electron chi connectivity index (χ0n) is 34.5. The Morgan fingerprint density at radius 1 is 0.533 bits per heavy atom. The van der Waals surface area contributed by atoms with Crippen LogP contribution in [0.25, 0.3) is 33.4 Å². The van der Waals surface area contributed by atoms with Gasteiger partial charge in [0.05, 0.1) is 0 Å². The summed E-state index contributed by atoms with van der Waals surface area (Å²) in [5, 5.41) is 0. The topological polar surface area (TPSA) is 0 Å². The third-order valence-electron chi connectivity index (χ3n) is 11.6. The van der Waals surface area contributed by atoms with Gasteiger partial charge < -0.3 is 0 Å². The summed E-state index contributed by atoms with van der Waals surface area (Å²) in [4.78, 5) is 0. The maximum absolute atomic E-state index is 14.6. The maximum atomic E-state index is 14.6. The normalized spacial score (nSPS) is 13.9. The quantitative estimate of drug-likeness (QED) is 0.146. The molecule has 0 radical (unpaired) electrons. The summed E-state index contributed by atoms with van der Waals surface area (Å²) in [6.07, 6.45) is -2.04. The first-order chi connectivity index (χ1) is 28.3. The summed E-state index contributed by atoms with van der Waals surface area (Å²) in [6.45, 7) is 13.2. The number of hydrogen-bond donors (Lipinski definition) is 0. The Morgan fingerprint density at radius 2 is 1.07 bits per heavy atom. The Bertz CT molecular complexity index is 2660. The van der Waals surface area contributed by atoms with E-state index in [0.717, 1.165) is 80.9 Å². The van der Waals surface area contributed by atoms with Crippen molar-refractivity contribution in [3.05, 3.63) is 193 Å². The van der Waals surface area contributed by atoms with E-state index >= 15 is 0 Å². The second kappa shape index (κ2) is 15.6. The van der Waals surface area contributed by atoms with Gasteiger partial charge in [-0.3, -0.25) is 0 Å². The molecule has 7 heteroatoms. The number of benzene rings is 6. The number of allylic oxidation sites excluding steroid dienone is 4. The molecule has 0 saturated heterocycles. The van der Waals surface area contributed by atoms with Crippen LogP contribution in [0.2, 0.25) is 0 Å². The monoisotopic (exact) mass is 886 g/mol. The summed E-state index contributed by atoms with van der Waals surface area (Å²) < 4.78 is 90.3. The molecule has 0 saturated carbocycles. The van der Waals surface area contributed by atoms with Gasteiger partial charge >= 0.3 is 358 Å². The number of halogens is 6. The molecule has 0 nitrogen and oxygen atoms in total. The Hall–Kier alpha value is -4.87. The molecule has 304 valence electrons. The molecule has 0 aromatic heterocycles. The van der Waals surface area contributed by atoms with Crippen molar-refractivity contribution in [3.63, 3.8) is 0 Å². The molecule has 0 heterocycles. The van der Waals surface area contributed by atoms with Gasteiger partial charge in [-0.2, -0.15) is 0 Å². The second-order valence-corrected chi connectivity index (χ2v) is 23.8. The van der Waals surface area contributed by atoms with Gasteiger partial charge in [0, 0.05) is 0 Å². The van der Waals surface area contributed by atoms with Crippen LogP contribution in [0.5, 0.6) is 0 Å². The molecule has 0 bridgehead atoms. The molecule has 0 fully saturated rings. The van der Waals surface area contributed by atoms with Crippen LogP contribution < -0.4 is 3.27 Å². The van der Waals surface area contributed by atoms with Crippen molar-refractivity contribution in [3.8, 4) is 33.4 Å². The van der Waals surface area contributed by atoms with Crippen molar-refractivity contribution in [1.29, 1.82) is 0 Å². The van der Waals surface area contributed by atoms with Gasteiger partial charge in [-0.05, 0) is 0 Å². The van der Waals surface area contributed by atoms with Crippen LogP contribution >= 0.6 is 0 Å². The Kier molecular flexibility index (Phi) is 10.8. The van der Waals surface area contributed by atoms with E-state index in [1.807, 2.05) is 42.5 Å². The van der Waals surface area contributed by atoms with E-state index in [4.69, 9.17) is 0 Å². The molecule has 2 aliphatic rings. The van der Waals surface area contributed by atoms with Crippen molar-refractivity contribution < 1.29 is 47.6 Å². The van der Waals surface area contributed by atoms with E-state index in [2.05, 4.69) is 96.2 Å². The molecular formula is C53H46F6Zr. The van der Waals surface area contributed by atoms with Crippen LogP contribution in [0.15, 0.2) is 149 Å². The first-order valence-corrected chi connectivity index (χ1v) is 23.9. The van der Waals surface area contributed by atoms with Crippen molar-refractivity contribution in [2.45, 2.75) is 77.6 Å². The van der Waals surface area contributed by atoms with E-state index in [0.29, 0.717) is 27.2 Å². The Morgan fingerprint density at radius 3 is 1.57 bits per heavy atom. The average Bonchev–Trinajstić information content (AvgIpc) is 3.87. The first kappa shape index (κ1) is 41.8. The summed E-state index contributed by atoms with van der Waals surface area (Å²) in [7, 11) is 0. The SMILES string of the molecule is CC(C)(C)c1cc2c(cc1-c1ccccc1)Cc1c-2cc(C(C)(C)C)c(-c2ccccc2)[c]1[Zr]([C]1=CC=CC1)=[C](c1cccc(C(F)(F)F)c1)c1cccc(C(F)(F)F)c1. The van der Waals surface area contributed by atoms with Crippen LogP contribution in [0.4, 0.5) is 26.3 Å². The van der Waals surface area contributed by atoms with Gasteiger partial charge in [-0.15, -0.1) is 0 Å². The van der Waals surface area contributed by atoms with Crippen LogP contribution in [-0.2, 0) is 50.9 Å². The van der Waals surface area contributed by atoms with Crippen LogP contribution in [0, 0.1) is 0 Å². The molecule has 2 aliphatic carbocycles. The first-order valence-electron chi connectivity index (χ1n) is 20.3. The fraction of sp³-hybridized carbons (Fsp3) is 0.226. The van der Waals surface area contributed by atoms with Crippen molar-refractivity contribution >= 4 is 6.48 Å². The van der Waals surface area contributed by atoms with Gasteiger partial charge in [-0.25, -0.2) is 0 Å². The van der Waals surface area contributed by atoms with Crippen LogP contribution in [-0.4, -0.2) is 3.21 Å². The standard InChI is InChI=1S/C33H33.C15H8F6.C5H5.Zr/c1-32(2,3)30-20-26-24(18-28(30)22-13-9-7-10-14-22)17-25-19-29(23-15-11-8-12-16-23)31(21-27(25)26)33(4,5)6;16-14(17,18)12-5-1-3-10(8-12)7-11-4-2-6-13(9-11)15(19,20)21;1-2-4-5-3-1;/h7-16,18,20-21H,17H2,1-6H3;1-6,8-9H;1-3H,4H2;. The summed E-state index contributed by atoms with van der Waals surface area (Å²) in [6, 6.07) is 37.9. The van der Waals surface area contributed by atoms with E-state index in [1.165, 1.54) is 17.7 Å². The molecule has 8 rings (SSSR count). The predicted octanol–water partition coefficient (Wildman–Crippen LogP) is 14.6. The third kappa shape index (κ3) is 8.03. The summed E-state index contributed by atoms with van der Waals surface area (Å²) >= 11 is -3.92. The molecular weight excluding hydrogens is 842 g/mol. The second-order valence-electron chi connectivity index (χ2n) is 17.9. The van der Waals surface area contributed by atoms with Crippen LogP contribution in [0.1, 0.15) is 92.5 Å². The fourth-order valence-electron chi connectivity index (χ4n) is 8.86. The summed E-state index contributed by atoms with van der Waals surface area (Å²) in [5.74, 6) is 0. The Labute approximate surface area is 356 Å². The van der Waals surface area contributed by atoms with Crippen molar-refractivity contribution in [2.75, 3.05) is 0 Å².